The van der Waals surface area contributed by atoms with Crippen LogP contribution in [-0.4, -0.2) is 4.57 Å². The second-order valence-electron chi connectivity index (χ2n) is 5.84. The minimum Gasteiger partial charge on any atom is -0.310 e. The van der Waals surface area contributed by atoms with Crippen molar-refractivity contribution in [2.75, 3.05) is 0 Å². The van der Waals surface area contributed by atoms with E-state index >= 15 is 0 Å². The summed E-state index contributed by atoms with van der Waals surface area (Å²) in [6, 6.07) is 2.35. The Labute approximate surface area is 115 Å². The molecule has 0 saturated carbocycles. The molecule has 0 bridgehead atoms. The quantitative estimate of drug-likeness (QED) is 0.753. The number of nitrogens with zero attached hydrogens (tertiary/aromatic N) is 1. The highest BCUT2D eigenvalue weighted by atomic mass is 16.1. The molecule has 0 aliphatic carbocycles. The van der Waals surface area contributed by atoms with Gasteiger partial charge < -0.3 is 4.57 Å². The lowest BCUT2D eigenvalue weighted by Gasteiger charge is -2.19. The Morgan fingerprint density at radius 2 is 1.42 bits per heavy atom. The largest absolute Gasteiger partial charge is 0.310 e. The molecule has 19 heavy (non-hydrogen) atoms. The molecule has 0 radical (unpaired) electrons. The molecule has 0 saturated heterocycles. The minimum absolute atomic E-state index is 0.147. The van der Waals surface area contributed by atoms with E-state index in [-0.39, 0.29) is 11.6 Å². The molecular weight excluding hydrogens is 234 g/mol. The minimum atomic E-state index is 0.147. The van der Waals surface area contributed by atoms with E-state index in [0.717, 1.165) is 22.0 Å². The maximum Gasteiger partial charge on any atom is 0.259 e. The molecule has 102 valence electrons. The average Bonchev–Trinajstić information content (AvgIpc) is 2.32. The van der Waals surface area contributed by atoms with Crippen molar-refractivity contribution in [1.29, 1.82) is 0 Å². The topological polar surface area (TPSA) is 22.0 Å². The van der Waals surface area contributed by atoms with Gasteiger partial charge in [0.15, 0.2) is 0 Å². The van der Waals surface area contributed by atoms with Crippen LogP contribution in [0.15, 0.2) is 10.9 Å². The van der Waals surface area contributed by atoms with E-state index in [1.54, 1.807) is 0 Å². The van der Waals surface area contributed by atoms with Crippen LogP contribution in [0.3, 0.4) is 0 Å². The van der Waals surface area contributed by atoms with Gasteiger partial charge in [-0.3, -0.25) is 4.79 Å². The van der Waals surface area contributed by atoms with Crippen LogP contribution in [-0.2, 0) is 0 Å². The zero-order valence-corrected chi connectivity index (χ0v) is 13.0. The highest BCUT2D eigenvalue weighted by Gasteiger charge is 2.15. The molecule has 0 unspecified atom stereocenters. The van der Waals surface area contributed by atoms with Gasteiger partial charge in [-0.2, -0.15) is 0 Å². The van der Waals surface area contributed by atoms with E-state index < -0.39 is 0 Å². The number of fused-ring (bicyclic) bond motifs is 1. The maximum atomic E-state index is 12.8. The van der Waals surface area contributed by atoms with Gasteiger partial charge in [-0.05, 0) is 82.2 Å². The highest BCUT2D eigenvalue weighted by molar-refractivity contribution is 5.90. The number of hydrogen-bond acceptors (Lipinski definition) is 1. The highest BCUT2D eigenvalue weighted by Crippen LogP contribution is 2.28. The van der Waals surface area contributed by atoms with E-state index in [1.807, 2.05) is 11.5 Å². The number of pyridine rings is 1. The number of hydrogen-bond donors (Lipinski definition) is 0. The molecule has 0 aliphatic rings. The fourth-order valence-electron chi connectivity index (χ4n) is 3.00. The van der Waals surface area contributed by atoms with Crippen molar-refractivity contribution in [3.63, 3.8) is 0 Å². The lowest BCUT2D eigenvalue weighted by molar-refractivity contribution is 0.567. The predicted octanol–water partition coefficient (Wildman–Crippen LogP) is 4.12. The van der Waals surface area contributed by atoms with Crippen molar-refractivity contribution in [3.05, 3.63) is 44.4 Å². The van der Waals surface area contributed by atoms with Crippen LogP contribution in [0.5, 0.6) is 0 Å². The molecule has 1 heterocycles. The number of aromatic nitrogens is 1. The van der Waals surface area contributed by atoms with Crippen molar-refractivity contribution >= 4 is 10.8 Å². The Morgan fingerprint density at radius 1 is 0.895 bits per heavy atom. The summed E-state index contributed by atoms with van der Waals surface area (Å²) >= 11 is 0. The van der Waals surface area contributed by atoms with Gasteiger partial charge in [0.25, 0.3) is 5.56 Å². The lowest BCUT2D eigenvalue weighted by Crippen LogP contribution is -2.25. The summed E-state index contributed by atoms with van der Waals surface area (Å²) < 4.78 is 1.89. The first-order valence-electron chi connectivity index (χ1n) is 6.89. The Morgan fingerprint density at radius 3 is 1.95 bits per heavy atom. The van der Waals surface area contributed by atoms with Crippen molar-refractivity contribution in [1.82, 2.24) is 4.57 Å². The van der Waals surface area contributed by atoms with Gasteiger partial charge in [0.2, 0.25) is 0 Å². The zero-order valence-electron chi connectivity index (χ0n) is 13.0. The van der Waals surface area contributed by atoms with Crippen LogP contribution >= 0.6 is 0 Å². The van der Waals surface area contributed by atoms with Gasteiger partial charge in [-0.1, -0.05) is 0 Å². The van der Waals surface area contributed by atoms with Crippen LogP contribution in [0.4, 0.5) is 0 Å². The van der Waals surface area contributed by atoms with E-state index in [4.69, 9.17) is 0 Å². The van der Waals surface area contributed by atoms with E-state index in [1.165, 1.54) is 16.7 Å². The summed E-state index contributed by atoms with van der Waals surface area (Å²) in [6.07, 6.45) is 0. The Kier molecular flexibility index (Phi) is 3.29. The van der Waals surface area contributed by atoms with Gasteiger partial charge in [0.1, 0.15) is 0 Å². The molecule has 1 aromatic carbocycles. The van der Waals surface area contributed by atoms with Gasteiger partial charge in [0.05, 0.1) is 5.39 Å². The van der Waals surface area contributed by atoms with Gasteiger partial charge in [-0.15, -0.1) is 0 Å². The van der Waals surface area contributed by atoms with Crippen LogP contribution in [0.2, 0.25) is 0 Å². The molecule has 0 fully saturated rings. The lowest BCUT2D eigenvalue weighted by atomic mass is 9.92. The standard InChI is InChI=1S/C17H23NO/c1-9(2)18-10(3)8-15-13(6)11(4)12(5)14(7)16(15)17(18)19/h8-9H,1-7H3. The third-order valence-corrected chi connectivity index (χ3v) is 4.42. The second kappa shape index (κ2) is 4.52. The molecule has 0 spiro atoms. The fraction of sp³-hybridized carbons (Fsp3) is 0.471. The van der Waals surface area contributed by atoms with Crippen molar-refractivity contribution in [2.24, 2.45) is 0 Å². The Bertz CT molecular complexity index is 721. The van der Waals surface area contributed by atoms with Gasteiger partial charge >= 0.3 is 0 Å². The molecule has 2 nitrogen and oxygen atoms in total. The first-order valence-corrected chi connectivity index (χ1v) is 6.89. The van der Waals surface area contributed by atoms with Crippen LogP contribution in [0, 0.1) is 34.6 Å². The Balaban J connectivity index is 3.11. The Hall–Kier alpha value is -1.57. The molecular formula is C17H23NO. The molecule has 2 rings (SSSR count). The van der Waals surface area contributed by atoms with Crippen LogP contribution in [0.25, 0.3) is 10.8 Å². The number of benzene rings is 1. The van der Waals surface area contributed by atoms with Gasteiger partial charge in [0, 0.05) is 11.7 Å². The predicted molar refractivity (Wildman–Crippen MR) is 82.3 cm³/mol. The fourth-order valence-corrected chi connectivity index (χ4v) is 3.00. The van der Waals surface area contributed by atoms with Crippen LogP contribution in [0.1, 0.15) is 47.8 Å². The summed E-state index contributed by atoms with van der Waals surface area (Å²) in [7, 11) is 0. The van der Waals surface area contributed by atoms with E-state index in [9.17, 15) is 4.79 Å². The summed E-state index contributed by atoms with van der Waals surface area (Å²) in [6.45, 7) is 14.6. The summed E-state index contributed by atoms with van der Waals surface area (Å²) in [5.74, 6) is 0. The van der Waals surface area contributed by atoms with Gasteiger partial charge in [-0.25, -0.2) is 0 Å². The molecule has 2 heteroatoms. The summed E-state index contributed by atoms with van der Waals surface area (Å²) in [4.78, 5) is 12.8. The SMILES string of the molecule is Cc1c(C)c(C)c2c(=O)n(C(C)C)c(C)cc2c1C. The third kappa shape index (κ3) is 1.90. The number of rotatable bonds is 1. The molecule has 2 aromatic rings. The third-order valence-electron chi connectivity index (χ3n) is 4.42. The molecule has 0 amide bonds. The maximum absolute atomic E-state index is 12.8. The van der Waals surface area contributed by atoms with Crippen LogP contribution < -0.4 is 5.56 Å². The molecule has 1 aromatic heterocycles. The monoisotopic (exact) mass is 257 g/mol. The smallest absolute Gasteiger partial charge is 0.259 e. The van der Waals surface area contributed by atoms with Crippen molar-refractivity contribution in [2.45, 2.75) is 54.5 Å². The van der Waals surface area contributed by atoms with E-state index in [2.05, 4.69) is 47.6 Å². The summed E-state index contributed by atoms with van der Waals surface area (Å²) in [5.41, 5.74) is 6.08. The normalized spacial score (nSPS) is 11.6. The average molecular weight is 257 g/mol. The first-order chi connectivity index (χ1) is 8.77. The second-order valence-corrected chi connectivity index (χ2v) is 5.84. The summed E-state index contributed by atoms with van der Waals surface area (Å²) in [5, 5.41) is 2.00. The van der Waals surface area contributed by atoms with Crippen molar-refractivity contribution < 1.29 is 0 Å². The van der Waals surface area contributed by atoms with E-state index in [0.29, 0.717) is 0 Å². The molecule has 0 N–H and O–H groups in total. The molecule has 0 atom stereocenters. The van der Waals surface area contributed by atoms with Crippen molar-refractivity contribution in [3.8, 4) is 0 Å². The number of aryl methyl sites for hydroxylation is 3. The zero-order chi connectivity index (χ0) is 14.5. The first kappa shape index (κ1) is 13.9. The molecule has 0 aliphatic heterocycles.